The number of carboxylic acids is 1. The molecule has 0 radical (unpaired) electrons. The fraction of sp³-hybridized carbons (Fsp3) is 0.312. The van der Waals surface area contributed by atoms with Gasteiger partial charge in [-0.2, -0.15) is 0 Å². The number of oxazole rings is 1. The number of ether oxygens (including phenoxy) is 1. The Balaban J connectivity index is 1.12. The highest BCUT2D eigenvalue weighted by Crippen LogP contribution is 2.23. The van der Waals surface area contributed by atoms with Crippen LogP contribution in [0.2, 0.25) is 0 Å². The lowest BCUT2D eigenvalue weighted by molar-refractivity contribution is -0.143. The largest absolute Gasteiger partial charge is 0.493 e. The quantitative estimate of drug-likeness (QED) is 0.297. The minimum absolute atomic E-state index is 0.459. The molecule has 0 amide bonds. The van der Waals surface area contributed by atoms with E-state index in [4.69, 9.17) is 9.15 Å². The van der Waals surface area contributed by atoms with E-state index in [-0.39, 0.29) is 0 Å². The number of rotatable bonds is 10. The average molecular weight is 526 g/mol. The van der Waals surface area contributed by atoms with Crippen LogP contribution in [-0.4, -0.2) is 59.8 Å². The second-order valence-electron chi connectivity index (χ2n) is 10.0. The van der Waals surface area contributed by atoms with Crippen LogP contribution in [0.4, 0.5) is 5.69 Å². The first-order valence-corrected chi connectivity index (χ1v) is 13.5. The van der Waals surface area contributed by atoms with E-state index in [9.17, 15) is 9.90 Å². The van der Waals surface area contributed by atoms with Gasteiger partial charge in [-0.3, -0.25) is 9.69 Å². The summed E-state index contributed by atoms with van der Waals surface area (Å²) in [6.45, 7) is 7.56. The molecule has 1 aliphatic rings. The molecule has 5 rings (SSSR count). The van der Waals surface area contributed by atoms with E-state index < -0.39 is 12.0 Å². The number of hydrogen-bond acceptors (Lipinski definition) is 6. The number of aryl methyl sites for hydroxylation is 2. The van der Waals surface area contributed by atoms with Crippen molar-refractivity contribution in [3.63, 3.8) is 0 Å². The van der Waals surface area contributed by atoms with E-state index in [1.807, 2.05) is 61.5 Å². The molecule has 0 unspecified atom stereocenters. The minimum Gasteiger partial charge on any atom is -0.493 e. The van der Waals surface area contributed by atoms with E-state index >= 15 is 0 Å². The molecule has 1 N–H and O–H groups in total. The Morgan fingerprint density at radius 2 is 1.64 bits per heavy atom. The molecule has 3 aromatic carbocycles. The zero-order valence-corrected chi connectivity index (χ0v) is 22.5. The smallest absolute Gasteiger partial charge is 0.321 e. The van der Waals surface area contributed by atoms with Gasteiger partial charge in [-0.05, 0) is 62.2 Å². The van der Waals surface area contributed by atoms with E-state index in [1.165, 1.54) is 11.3 Å². The van der Waals surface area contributed by atoms with Crippen molar-refractivity contribution in [3.05, 3.63) is 101 Å². The van der Waals surface area contributed by atoms with Crippen molar-refractivity contribution in [2.75, 3.05) is 37.7 Å². The van der Waals surface area contributed by atoms with Crippen molar-refractivity contribution in [2.24, 2.45) is 0 Å². The van der Waals surface area contributed by atoms with Gasteiger partial charge in [-0.25, -0.2) is 4.98 Å². The van der Waals surface area contributed by atoms with Gasteiger partial charge >= 0.3 is 5.97 Å². The van der Waals surface area contributed by atoms with E-state index in [2.05, 4.69) is 46.0 Å². The van der Waals surface area contributed by atoms with E-state index in [1.54, 1.807) is 0 Å². The summed E-state index contributed by atoms with van der Waals surface area (Å²) in [7, 11) is 0. The number of aromatic nitrogens is 1. The summed E-state index contributed by atoms with van der Waals surface area (Å²) >= 11 is 0. The van der Waals surface area contributed by atoms with Crippen LogP contribution >= 0.6 is 0 Å². The van der Waals surface area contributed by atoms with Gasteiger partial charge < -0.3 is 19.2 Å². The van der Waals surface area contributed by atoms with Gasteiger partial charge in [0, 0.05) is 43.9 Å². The molecule has 1 saturated heterocycles. The monoisotopic (exact) mass is 525 g/mol. The molecule has 0 saturated carbocycles. The van der Waals surface area contributed by atoms with Crippen molar-refractivity contribution in [1.82, 2.24) is 9.88 Å². The molecule has 4 aromatic rings. The number of benzene rings is 3. The second-order valence-corrected chi connectivity index (χ2v) is 10.0. The molecule has 1 aromatic heterocycles. The topological polar surface area (TPSA) is 79.0 Å². The number of carbonyl (C=O) groups is 1. The molecule has 0 bridgehead atoms. The van der Waals surface area contributed by atoms with Gasteiger partial charge in [-0.1, -0.05) is 48.0 Å². The molecule has 0 spiro atoms. The Morgan fingerprint density at radius 1 is 0.949 bits per heavy atom. The summed E-state index contributed by atoms with van der Waals surface area (Å²) < 4.78 is 11.8. The third-order valence-corrected chi connectivity index (χ3v) is 7.31. The predicted octanol–water partition coefficient (Wildman–Crippen LogP) is 5.40. The summed E-state index contributed by atoms with van der Waals surface area (Å²) in [5.41, 5.74) is 5.25. The SMILES string of the molecule is Cc1ccc(N2CCN([C@@H](Cc3ccc(OCCc4nc(-c5ccccc5)oc4C)cc3)C(=O)O)CC2)cc1. The predicted molar refractivity (Wildman–Crippen MR) is 152 cm³/mol. The van der Waals surface area contributed by atoms with E-state index in [0.29, 0.717) is 25.3 Å². The highest BCUT2D eigenvalue weighted by molar-refractivity contribution is 5.74. The van der Waals surface area contributed by atoms with Gasteiger partial charge in [0.25, 0.3) is 0 Å². The highest BCUT2D eigenvalue weighted by Gasteiger charge is 2.29. The van der Waals surface area contributed by atoms with Crippen LogP contribution in [0.25, 0.3) is 11.5 Å². The number of piperazine rings is 1. The van der Waals surface area contributed by atoms with Crippen LogP contribution in [0.5, 0.6) is 5.75 Å². The fourth-order valence-electron chi connectivity index (χ4n) is 4.99. The lowest BCUT2D eigenvalue weighted by Crippen LogP contribution is -2.53. The first-order chi connectivity index (χ1) is 19.0. The molecule has 1 fully saturated rings. The van der Waals surface area contributed by atoms with E-state index in [0.717, 1.165) is 54.5 Å². The van der Waals surface area contributed by atoms with Crippen LogP contribution < -0.4 is 9.64 Å². The number of aliphatic carboxylic acids is 1. The Labute approximate surface area is 229 Å². The van der Waals surface area contributed by atoms with Crippen molar-refractivity contribution < 1.29 is 19.1 Å². The Hall–Kier alpha value is -4.10. The standard InChI is InChI=1S/C32H35N3O4/c1-23-8-12-27(13-9-23)34-17-19-35(20-18-34)30(32(36)37)22-25-10-14-28(15-11-25)38-21-16-29-24(2)39-31(33-29)26-6-4-3-5-7-26/h3-15,30H,16-22H2,1-2H3,(H,36,37)/t30-/m0/s1. The van der Waals surface area contributed by atoms with Crippen LogP contribution in [-0.2, 0) is 17.6 Å². The molecule has 7 heteroatoms. The third-order valence-electron chi connectivity index (χ3n) is 7.31. The summed E-state index contributed by atoms with van der Waals surface area (Å²) in [5.74, 6) is 1.39. The Bertz CT molecular complexity index is 1360. The Kier molecular flexibility index (Phi) is 8.27. The zero-order chi connectivity index (χ0) is 27.2. The summed E-state index contributed by atoms with van der Waals surface area (Å²) in [4.78, 5) is 21.2. The van der Waals surface area contributed by atoms with Gasteiger partial charge in [-0.15, -0.1) is 0 Å². The lowest BCUT2D eigenvalue weighted by atomic mass is 10.0. The molecule has 202 valence electrons. The number of hydrogen-bond donors (Lipinski definition) is 1. The van der Waals surface area contributed by atoms with Crippen molar-refractivity contribution in [2.45, 2.75) is 32.7 Å². The molecule has 1 aliphatic heterocycles. The van der Waals surface area contributed by atoms with Crippen molar-refractivity contribution in [3.8, 4) is 17.2 Å². The van der Waals surface area contributed by atoms with Crippen LogP contribution in [0, 0.1) is 13.8 Å². The van der Waals surface area contributed by atoms with Crippen molar-refractivity contribution >= 4 is 11.7 Å². The van der Waals surface area contributed by atoms with Crippen molar-refractivity contribution in [1.29, 1.82) is 0 Å². The molecule has 39 heavy (non-hydrogen) atoms. The average Bonchev–Trinajstić information content (AvgIpc) is 3.33. The maximum Gasteiger partial charge on any atom is 0.321 e. The minimum atomic E-state index is -0.781. The molecular formula is C32H35N3O4. The zero-order valence-electron chi connectivity index (χ0n) is 22.5. The number of carboxylic acid groups (broad SMARTS) is 1. The number of nitrogens with zero attached hydrogens (tertiary/aromatic N) is 3. The number of anilines is 1. The summed E-state index contributed by atoms with van der Waals surface area (Å²) in [6.07, 6.45) is 1.10. The molecule has 0 aliphatic carbocycles. The second kappa shape index (κ2) is 12.2. The lowest BCUT2D eigenvalue weighted by Gasteiger charge is -2.39. The normalized spacial score (nSPS) is 14.8. The summed E-state index contributed by atoms with van der Waals surface area (Å²) in [5, 5.41) is 9.98. The molecule has 7 nitrogen and oxygen atoms in total. The third kappa shape index (κ3) is 6.67. The van der Waals surface area contributed by atoms with Crippen LogP contribution in [0.15, 0.2) is 83.3 Å². The first kappa shape index (κ1) is 26.5. The fourth-order valence-corrected chi connectivity index (χ4v) is 4.99. The first-order valence-electron chi connectivity index (χ1n) is 13.5. The Morgan fingerprint density at radius 3 is 2.31 bits per heavy atom. The molecule has 1 atom stereocenters. The maximum absolute atomic E-state index is 12.2. The van der Waals surface area contributed by atoms with Gasteiger partial charge in [0.15, 0.2) is 0 Å². The van der Waals surface area contributed by atoms with Gasteiger partial charge in [0.1, 0.15) is 17.6 Å². The molecule has 2 heterocycles. The summed E-state index contributed by atoms with van der Waals surface area (Å²) in [6, 6.07) is 25.6. The van der Waals surface area contributed by atoms with Gasteiger partial charge in [0.05, 0.1) is 12.3 Å². The van der Waals surface area contributed by atoms with Gasteiger partial charge in [0.2, 0.25) is 5.89 Å². The molecular weight excluding hydrogens is 490 g/mol. The van der Waals surface area contributed by atoms with Crippen LogP contribution in [0.1, 0.15) is 22.6 Å². The van der Waals surface area contributed by atoms with Crippen LogP contribution in [0.3, 0.4) is 0 Å². The highest BCUT2D eigenvalue weighted by atomic mass is 16.5. The maximum atomic E-state index is 12.2.